The molecular formula is C20H21BrN8. The topological polar surface area (TPSA) is 83.6 Å². The Morgan fingerprint density at radius 2 is 2.07 bits per heavy atom. The minimum Gasteiger partial charge on any atom is -0.350 e. The maximum atomic E-state index is 4.90. The highest BCUT2D eigenvalue weighted by Gasteiger charge is 2.34. The number of hydrogen-bond donors (Lipinski definition) is 1. The fourth-order valence-electron chi connectivity index (χ4n) is 4.06. The molecule has 0 bridgehead atoms. The molecule has 3 aromatic heterocycles. The summed E-state index contributed by atoms with van der Waals surface area (Å²) >= 11 is 3.42. The van der Waals surface area contributed by atoms with Crippen LogP contribution >= 0.6 is 15.9 Å². The van der Waals surface area contributed by atoms with Crippen LogP contribution in [0, 0.1) is 0 Å². The second-order valence-electron chi connectivity index (χ2n) is 7.46. The first-order valence-corrected chi connectivity index (χ1v) is 10.4. The fraction of sp³-hybridized carbons (Fsp3) is 0.350. The van der Waals surface area contributed by atoms with Gasteiger partial charge in [-0.15, -0.1) is 0 Å². The van der Waals surface area contributed by atoms with E-state index in [0.717, 1.165) is 34.9 Å². The van der Waals surface area contributed by atoms with Crippen molar-refractivity contribution in [2.75, 3.05) is 18.0 Å². The third-order valence-corrected chi connectivity index (χ3v) is 5.88. The Hall–Kier alpha value is -2.65. The molecule has 0 saturated carbocycles. The second-order valence-corrected chi connectivity index (χ2v) is 8.27. The Balaban J connectivity index is 1.51. The van der Waals surface area contributed by atoms with Gasteiger partial charge in [0.1, 0.15) is 16.1 Å². The van der Waals surface area contributed by atoms with Gasteiger partial charge in [0.05, 0.1) is 25.0 Å². The Morgan fingerprint density at radius 3 is 2.90 bits per heavy atom. The van der Waals surface area contributed by atoms with Crippen molar-refractivity contribution >= 4 is 33.6 Å². The minimum absolute atomic E-state index is 0.223. The first-order valence-electron chi connectivity index (χ1n) is 9.65. The number of imidazole rings is 1. The zero-order chi connectivity index (χ0) is 20.0. The molecule has 9 heteroatoms. The van der Waals surface area contributed by atoms with Crippen LogP contribution in [0.15, 0.2) is 52.1 Å². The van der Waals surface area contributed by atoms with E-state index in [-0.39, 0.29) is 12.1 Å². The van der Waals surface area contributed by atoms with Crippen LogP contribution in [0.25, 0.3) is 17.2 Å². The van der Waals surface area contributed by atoms with Crippen molar-refractivity contribution in [1.82, 2.24) is 29.7 Å². The molecule has 0 aromatic carbocycles. The average molecular weight is 453 g/mol. The van der Waals surface area contributed by atoms with E-state index in [4.69, 9.17) is 4.98 Å². The molecule has 2 aliphatic heterocycles. The third kappa shape index (κ3) is 3.34. The van der Waals surface area contributed by atoms with Crippen molar-refractivity contribution in [3.8, 4) is 11.5 Å². The minimum atomic E-state index is 0.223. The summed E-state index contributed by atoms with van der Waals surface area (Å²) in [5.74, 6) is 1.56. The summed E-state index contributed by atoms with van der Waals surface area (Å²) in [6.45, 7) is 6.08. The van der Waals surface area contributed by atoms with Gasteiger partial charge in [-0.05, 0) is 41.4 Å². The lowest BCUT2D eigenvalue weighted by atomic mass is 9.95. The van der Waals surface area contributed by atoms with Crippen molar-refractivity contribution < 1.29 is 0 Å². The van der Waals surface area contributed by atoms with Gasteiger partial charge in [-0.3, -0.25) is 9.39 Å². The average Bonchev–Trinajstić information content (AvgIpc) is 3.39. The molecule has 1 saturated heterocycles. The Kier molecular flexibility index (Phi) is 4.63. The summed E-state index contributed by atoms with van der Waals surface area (Å²) in [6, 6.07) is 2.78. The van der Waals surface area contributed by atoms with Gasteiger partial charge in [0.2, 0.25) is 0 Å². The van der Waals surface area contributed by atoms with Crippen LogP contribution in [-0.4, -0.2) is 61.8 Å². The van der Waals surface area contributed by atoms with E-state index in [1.807, 2.05) is 29.1 Å². The third-order valence-electron chi connectivity index (χ3n) is 5.47. The number of fused-ring (bicyclic) bond motifs is 1. The first-order chi connectivity index (χ1) is 14.1. The molecule has 1 N–H and O–H groups in total. The van der Waals surface area contributed by atoms with Crippen molar-refractivity contribution in [2.24, 2.45) is 4.99 Å². The van der Waals surface area contributed by atoms with E-state index < -0.39 is 0 Å². The standard InChI is InChI=1S/C20H21BrN8/c1-12-10-28(13(2)19(26-12)14-3-5-22-7-14)17-4-6-23-20(27-17)15-8-25-18-9-24-16(21)11-29(15)18/h3-4,6-9,11-13,19,26H,5,10H2,1-2H3. The summed E-state index contributed by atoms with van der Waals surface area (Å²) in [4.78, 5) is 24.8. The Labute approximate surface area is 177 Å². The predicted octanol–water partition coefficient (Wildman–Crippen LogP) is 2.51. The molecule has 0 spiro atoms. The molecule has 3 aromatic rings. The molecule has 29 heavy (non-hydrogen) atoms. The zero-order valence-electron chi connectivity index (χ0n) is 16.2. The van der Waals surface area contributed by atoms with Gasteiger partial charge in [-0.2, -0.15) is 0 Å². The van der Waals surface area contributed by atoms with E-state index in [1.165, 1.54) is 5.57 Å². The van der Waals surface area contributed by atoms with Crippen LogP contribution in [0.5, 0.6) is 0 Å². The van der Waals surface area contributed by atoms with Crippen molar-refractivity contribution in [1.29, 1.82) is 0 Å². The van der Waals surface area contributed by atoms with Gasteiger partial charge in [-0.25, -0.2) is 19.9 Å². The van der Waals surface area contributed by atoms with Crippen molar-refractivity contribution in [2.45, 2.75) is 32.0 Å². The number of piperazine rings is 1. The summed E-state index contributed by atoms with van der Waals surface area (Å²) in [6.07, 6.45) is 11.4. The number of aliphatic imine (C=N–C) groups is 1. The summed E-state index contributed by atoms with van der Waals surface area (Å²) < 4.78 is 2.68. The van der Waals surface area contributed by atoms with Crippen LogP contribution in [0.2, 0.25) is 0 Å². The van der Waals surface area contributed by atoms with Crippen LogP contribution in [0.1, 0.15) is 13.8 Å². The quantitative estimate of drug-likeness (QED) is 0.657. The number of anilines is 1. The summed E-state index contributed by atoms with van der Waals surface area (Å²) in [5.41, 5.74) is 2.85. The van der Waals surface area contributed by atoms with Gasteiger partial charge < -0.3 is 10.2 Å². The van der Waals surface area contributed by atoms with Crippen LogP contribution in [-0.2, 0) is 0 Å². The normalized spacial score (nSPS) is 24.3. The van der Waals surface area contributed by atoms with Crippen LogP contribution in [0.4, 0.5) is 5.82 Å². The van der Waals surface area contributed by atoms with E-state index in [2.05, 4.69) is 66.0 Å². The maximum absolute atomic E-state index is 4.90. The molecule has 3 unspecified atom stereocenters. The lowest BCUT2D eigenvalue weighted by molar-refractivity contribution is 0.363. The van der Waals surface area contributed by atoms with Crippen molar-refractivity contribution in [3.05, 3.63) is 47.1 Å². The van der Waals surface area contributed by atoms with Crippen LogP contribution in [0.3, 0.4) is 0 Å². The highest BCUT2D eigenvalue weighted by Crippen LogP contribution is 2.26. The molecule has 0 amide bonds. The molecule has 1 fully saturated rings. The molecular weight excluding hydrogens is 432 g/mol. The SMILES string of the molecule is CC1CN(c2ccnc(-c3cnc4cnc(Br)cn34)n2)C(C)C(C2=CCN=C2)N1. The highest BCUT2D eigenvalue weighted by atomic mass is 79.9. The van der Waals surface area contributed by atoms with E-state index >= 15 is 0 Å². The maximum Gasteiger partial charge on any atom is 0.180 e. The lowest BCUT2D eigenvalue weighted by Crippen LogP contribution is -2.61. The van der Waals surface area contributed by atoms with Crippen LogP contribution < -0.4 is 10.2 Å². The number of hydrogen-bond acceptors (Lipinski definition) is 7. The summed E-state index contributed by atoms with van der Waals surface area (Å²) in [5, 5.41) is 3.71. The van der Waals surface area contributed by atoms with E-state index in [0.29, 0.717) is 11.9 Å². The van der Waals surface area contributed by atoms with Crippen molar-refractivity contribution in [3.63, 3.8) is 0 Å². The number of nitrogens with one attached hydrogen (secondary N) is 1. The molecule has 5 heterocycles. The molecule has 0 radical (unpaired) electrons. The highest BCUT2D eigenvalue weighted by molar-refractivity contribution is 9.10. The molecule has 8 nitrogen and oxygen atoms in total. The Bertz CT molecular complexity index is 1120. The second kappa shape index (κ2) is 7.31. The molecule has 148 valence electrons. The van der Waals surface area contributed by atoms with Gasteiger partial charge in [0.25, 0.3) is 0 Å². The Morgan fingerprint density at radius 1 is 1.17 bits per heavy atom. The van der Waals surface area contributed by atoms with E-state index in [9.17, 15) is 0 Å². The molecule has 3 atom stereocenters. The number of halogens is 1. The number of aromatic nitrogens is 5. The lowest BCUT2D eigenvalue weighted by Gasteiger charge is -2.44. The van der Waals surface area contributed by atoms with Gasteiger partial charge in [0, 0.05) is 37.2 Å². The summed E-state index contributed by atoms with van der Waals surface area (Å²) in [7, 11) is 0. The monoisotopic (exact) mass is 452 g/mol. The largest absolute Gasteiger partial charge is 0.350 e. The predicted molar refractivity (Wildman–Crippen MR) is 116 cm³/mol. The zero-order valence-corrected chi connectivity index (χ0v) is 17.8. The number of nitrogens with zero attached hydrogens (tertiary/aromatic N) is 7. The van der Waals surface area contributed by atoms with Gasteiger partial charge in [-0.1, -0.05) is 6.08 Å². The molecule has 2 aliphatic rings. The van der Waals surface area contributed by atoms with E-state index in [1.54, 1.807) is 12.4 Å². The number of rotatable bonds is 3. The smallest absolute Gasteiger partial charge is 0.180 e. The van der Waals surface area contributed by atoms with Gasteiger partial charge in [0.15, 0.2) is 11.5 Å². The fourth-order valence-corrected chi connectivity index (χ4v) is 4.36. The molecule has 0 aliphatic carbocycles. The first kappa shape index (κ1) is 18.4. The molecule has 5 rings (SSSR count). The van der Waals surface area contributed by atoms with Gasteiger partial charge >= 0.3 is 0 Å².